The van der Waals surface area contributed by atoms with Gasteiger partial charge in [-0.25, -0.2) is 0 Å². The summed E-state index contributed by atoms with van der Waals surface area (Å²) in [6.07, 6.45) is 5.56. The van der Waals surface area contributed by atoms with E-state index in [9.17, 15) is 9.59 Å². The minimum atomic E-state index is -0.751. The quantitative estimate of drug-likeness (QED) is 0.843. The van der Waals surface area contributed by atoms with Gasteiger partial charge in [0.05, 0.1) is 0 Å². The van der Waals surface area contributed by atoms with Crippen LogP contribution < -0.4 is 0 Å². The van der Waals surface area contributed by atoms with Crippen LogP contribution in [0.2, 0.25) is 0 Å². The Balaban J connectivity index is 1.82. The molecule has 2 rings (SSSR count). The summed E-state index contributed by atoms with van der Waals surface area (Å²) in [5.41, 5.74) is 0. The Morgan fingerprint density at radius 2 is 2.05 bits per heavy atom. The third-order valence-electron chi connectivity index (χ3n) is 4.05. The molecule has 2 aliphatic heterocycles. The van der Waals surface area contributed by atoms with E-state index in [1.165, 1.54) is 0 Å². The number of piperidine rings is 1. The molecule has 0 saturated carbocycles. The average molecular weight is 269 g/mol. The highest BCUT2D eigenvalue weighted by Gasteiger charge is 2.30. The largest absolute Gasteiger partial charge is 0.481 e. The van der Waals surface area contributed by atoms with Crippen LogP contribution in [0.4, 0.5) is 0 Å². The summed E-state index contributed by atoms with van der Waals surface area (Å²) in [4.78, 5) is 24.8. The molecule has 0 aromatic heterocycles. The number of carbonyl (C=O) groups excluding carboxylic acids is 1. The Bertz CT molecular complexity index is 325. The predicted octanol–water partition coefficient (Wildman–Crippen LogP) is 1.66. The SMILES string of the molecule is O=C(O)CCC1CCCN(C(=O)C2CCCCO2)C1. The highest BCUT2D eigenvalue weighted by atomic mass is 16.5. The maximum atomic E-state index is 12.3. The van der Waals surface area contributed by atoms with Gasteiger partial charge < -0.3 is 14.7 Å². The number of amides is 1. The Hall–Kier alpha value is -1.10. The number of likely N-dealkylation sites (tertiary alicyclic amines) is 1. The molecule has 0 aromatic carbocycles. The van der Waals surface area contributed by atoms with Crippen molar-refractivity contribution in [2.45, 2.75) is 51.0 Å². The predicted molar refractivity (Wildman–Crippen MR) is 69.8 cm³/mol. The molecule has 5 heteroatoms. The number of rotatable bonds is 4. The summed E-state index contributed by atoms with van der Waals surface area (Å²) in [6.45, 7) is 2.18. The smallest absolute Gasteiger partial charge is 0.303 e. The molecule has 0 aliphatic carbocycles. The second kappa shape index (κ2) is 6.89. The fraction of sp³-hybridized carbons (Fsp3) is 0.857. The average Bonchev–Trinajstić information content (AvgIpc) is 2.45. The van der Waals surface area contributed by atoms with Gasteiger partial charge in [0.1, 0.15) is 6.10 Å². The van der Waals surface area contributed by atoms with Gasteiger partial charge in [-0.3, -0.25) is 9.59 Å². The number of nitrogens with zero attached hydrogens (tertiary/aromatic N) is 1. The summed E-state index contributed by atoms with van der Waals surface area (Å²) >= 11 is 0. The molecule has 0 radical (unpaired) electrons. The lowest BCUT2D eigenvalue weighted by atomic mass is 9.93. The van der Waals surface area contributed by atoms with Crippen molar-refractivity contribution >= 4 is 11.9 Å². The Kier molecular flexibility index (Phi) is 5.19. The number of ether oxygens (including phenoxy) is 1. The van der Waals surface area contributed by atoms with Crippen molar-refractivity contribution in [3.8, 4) is 0 Å². The first-order valence-corrected chi connectivity index (χ1v) is 7.29. The second-order valence-corrected chi connectivity index (χ2v) is 5.58. The van der Waals surface area contributed by atoms with Crippen LogP contribution >= 0.6 is 0 Å². The molecule has 1 amide bonds. The standard InChI is InChI=1S/C14H23NO4/c16-13(17)7-6-11-4-3-8-15(10-11)14(18)12-5-1-2-9-19-12/h11-12H,1-10H2,(H,16,17). The van der Waals surface area contributed by atoms with Crippen LogP contribution in [0.25, 0.3) is 0 Å². The van der Waals surface area contributed by atoms with Gasteiger partial charge in [-0.15, -0.1) is 0 Å². The minimum Gasteiger partial charge on any atom is -0.481 e. The highest BCUT2D eigenvalue weighted by molar-refractivity contribution is 5.81. The molecular weight excluding hydrogens is 246 g/mol. The van der Waals surface area contributed by atoms with Crippen LogP contribution in [-0.4, -0.2) is 47.7 Å². The number of carbonyl (C=O) groups is 2. The van der Waals surface area contributed by atoms with Crippen LogP contribution in [-0.2, 0) is 14.3 Å². The minimum absolute atomic E-state index is 0.111. The van der Waals surface area contributed by atoms with Crippen molar-refractivity contribution in [3.05, 3.63) is 0 Å². The monoisotopic (exact) mass is 269 g/mol. The van der Waals surface area contributed by atoms with E-state index in [1.54, 1.807) is 0 Å². The van der Waals surface area contributed by atoms with Gasteiger partial charge in [-0.1, -0.05) is 0 Å². The van der Waals surface area contributed by atoms with E-state index in [0.29, 0.717) is 25.5 Å². The Labute approximate surface area is 113 Å². The Morgan fingerprint density at radius 3 is 2.74 bits per heavy atom. The van der Waals surface area contributed by atoms with Gasteiger partial charge in [0, 0.05) is 26.1 Å². The van der Waals surface area contributed by atoms with E-state index >= 15 is 0 Å². The van der Waals surface area contributed by atoms with E-state index in [0.717, 1.165) is 38.6 Å². The van der Waals surface area contributed by atoms with Crippen molar-refractivity contribution in [3.63, 3.8) is 0 Å². The van der Waals surface area contributed by atoms with Gasteiger partial charge in [0.15, 0.2) is 0 Å². The maximum Gasteiger partial charge on any atom is 0.303 e. The Morgan fingerprint density at radius 1 is 1.21 bits per heavy atom. The third kappa shape index (κ3) is 4.20. The fourth-order valence-electron chi connectivity index (χ4n) is 2.97. The van der Waals surface area contributed by atoms with Gasteiger partial charge in [0.25, 0.3) is 5.91 Å². The first-order chi connectivity index (χ1) is 9.16. The number of aliphatic carboxylic acids is 1. The zero-order valence-corrected chi connectivity index (χ0v) is 11.3. The summed E-state index contributed by atoms with van der Waals surface area (Å²) < 4.78 is 5.54. The fourth-order valence-corrected chi connectivity index (χ4v) is 2.97. The molecule has 0 spiro atoms. The number of hydrogen-bond acceptors (Lipinski definition) is 3. The number of carboxylic acid groups (broad SMARTS) is 1. The van der Waals surface area contributed by atoms with Gasteiger partial charge in [-0.2, -0.15) is 0 Å². The lowest BCUT2D eigenvalue weighted by Crippen LogP contribution is -2.46. The van der Waals surface area contributed by atoms with Crippen LogP contribution in [0.3, 0.4) is 0 Å². The molecule has 0 bridgehead atoms. The third-order valence-corrected chi connectivity index (χ3v) is 4.05. The first-order valence-electron chi connectivity index (χ1n) is 7.29. The molecule has 2 aliphatic rings. The number of carboxylic acids is 1. The summed E-state index contributed by atoms with van der Waals surface area (Å²) in [5.74, 6) is -0.309. The van der Waals surface area contributed by atoms with Crippen molar-refractivity contribution in [2.75, 3.05) is 19.7 Å². The van der Waals surface area contributed by atoms with Crippen LogP contribution in [0.1, 0.15) is 44.9 Å². The molecule has 108 valence electrons. The molecule has 1 N–H and O–H groups in total. The van der Waals surface area contributed by atoms with E-state index in [4.69, 9.17) is 9.84 Å². The molecule has 2 heterocycles. The van der Waals surface area contributed by atoms with Gasteiger partial charge >= 0.3 is 5.97 Å². The van der Waals surface area contributed by atoms with Gasteiger partial charge in [0.2, 0.25) is 0 Å². The second-order valence-electron chi connectivity index (χ2n) is 5.58. The summed E-state index contributed by atoms with van der Waals surface area (Å²) in [6, 6.07) is 0. The molecule has 2 saturated heterocycles. The zero-order chi connectivity index (χ0) is 13.7. The van der Waals surface area contributed by atoms with E-state index < -0.39 is 5.97 Å². The molecule has 0 aromatic rings. The maximum absolute atomic E-state index is 12.3. The van der Waals surface area contributed by atoms with E-state index in [-0.39, 0.29) is 18.4 Å². The van der Waals surface area contributed by atoms with Crippen molar-refractivity contribution in [2.24, 2.45) is 5.92 Å². The zero-order valence-electron chi connectivity index (χ0n) is 11.3. The van der Waals surface area contributed by atoms with Crippen LogP contribution in [0, 0.1) is 5.92 Å². The van der Waals surface area contributed by atoms with Crippen molar-refractivity contribution in [1.29, 1.82) is 0 Å². The lowest BCUT2D eigenvalue weighted by Gasteiger charge is -2.35. The van der Waals surface area contributed by atoms with E-state index in [1.807, 2.05) is 4.90 Å². The molecule has 2 fully saturated rings. The molecule has 5 nitrogen and oxygen atoms in total. The first kappa shape index (κ1) is 14.3. The summed E-state index contributed by atoms with van der Waals surface area (Å²) in [7, 11) is 0. The molecule has 2 atom stereocenters. The topological polar surface area (TPSA) is 66.8 Å². The van der Waals surface area contributed by atoms with Crippen LogP contribution in [0.5, 0.6) is 0 Å². The number of hydrogen-bond donors (Lipinski definition) is 1. The normalized spacial score (nSPS) is 28.1. The van der Waals surface area contributed by atoms with E-state index in [2.05, 4.69) is 0 Å². The summed E-state index contributed by atoms with van der Waals surface area (Å²) in [5, 5.41) is 8.72. The highest BCUT2D eigenvalue weighted by Crippen LogP contribution is 2.23. The van der Waals surface area contributed by atoms with Crippen molar-refractivity contribution in [1.82, 2.24) is 4.90 Å². The molecular formula is C14H23NO4. The van der Waals surface area contributed by atoms with Crippen molar-refractivity contribution < 1.29 is 19.4 Å². The van der Waals surface area contributed by atoms with Gasteiger partial charge in [-0.05, 0) is 44.4 Å². The van der Waals surface area contributed by atoms with Crippen LogP contribution in [0.15, 0.2) is 0 Å². The lowest BCUT2D eigenvalue weighted by molar-refractivity contribution is -0.148. The molecule has 19 heavy (non-hydrogen) atoms. The molecule has 2 unspecified atom stereocenters.